The highest BCUT2D eigenvalue weighted by Crippen LogP contribution is 2.32. The summed E-state index contributed by atoms with van der Waals surface area (Å²) >= 11 is 0. The SMILES string of the molecule is C=C(/C=C(\C)C1CCC(C=O)CC1)S(C)(=O)=O. The maximum atomic E-state index is 11.3. The number of aldehydes is 1. The van der Waals surface area contributed by atoms with Crippen LogP contribution in [0.15, 0.2) is 23.1 Å². The average molecular weight is 256 g/mol. The maximum Gasteiger partial charge on any atom is 0.174 e. The number of sulfone groups is 1. The third kappa shape index (κ3) is 4.11. The van der Waals surface area contributed by atoms with Crippen molar-refractivity contribution < 1.29 is 13.2 Å². The predicted molar refractivity (Wildman–Crippen MR) is 69.3 cm³/mol. The molecule has 1 aliphatic carbocycles. The molecule has 0 saturated heterocycles. The third-order valence-electron chi connectivity index (χ3n) is 3.47. The third-order valence-corrected chi connectivity index (χ3v) is 4.54. The van der Waals surface area contributed by atoms with E-state index in [1.807, 2.05) is 6.92 Å². The van der Waals surface area contributed by atoms with Crippen LogP contribution >= 0.6 is 0 Å². The van der Waals surface area contributed by atoms with Gasteiger partial charge < -0.3 is 4.79 Å². The zero-order valence-electron chi connectivity index (χ0n) is 10.5. The van der Waals surface area contributed by atoms with Crippen molar-refractivity contribution in [3.63, 3.8) is 0 Å². The molecule has 0 amide bonds. The van der Waals surface area contributed by atoms with E-state index in [1.165, 1.54) is 6.26 Å². The van der Waals surface area contributed by atoms with E-state index in [2.05, 4.69) is 6.58 Å². The van der Waals surface area contributed by atoms with Gasteiger partial charge in [-0.25, -0.2) is 8.42 Å². The van der Waals surface area contributed by atoms with Crippen LogP contribution in [-0.2, 0) is 14.6 Å². The number of carbonyl (C=O) groups is 1. The summed E-state index contributed by atoms with van der Waals surface area (Å²) in [5.74, 6) is 0.585. The zero-order valence-corrected chi connectivity index (χ0v) is 11.3. The van der Waals surface area contributed by atoms with E-state index < -0.39 is 9.84 Å². The molecule has 0 atom stereocenters. The molecule has 1 saturated carbocycles. The Morgan fingerprint density at radius 1 is 1.24 bits per heavy atom. The summed E-state index contributed by atoms with van der Waals surface area (Å²) in [4.78, 5) is 10.8. The van der Waals surface area contributed by atoms with Gasteiger partial charge in [-0.3, -0.25) is 0 Å². The molecule has 0 heterocycles. The van der Waals surface area contributed by atoms with Gasteiger partial charge in [0, 0.05) is 12.2 Å². The van der Waals surface area contributed by atoms with Crippen molar-refractivity contribution in [1.82, 2.24) is 0 Å². The van der Waals surface area contributed by atoms with E-state index >= 15 is 0 Å². The molecule has 0 aromatic rings. The van der Waals surface area contributed by atoms with E-state index in [9.17, 15) is 13.2 Å². The Hall–Kier alpha value is -0.900. The summed E-state index contributed by atoms with van der Waals surface area (Å²) in [6.45, 7) is 5.52. The lowest BCUT2D eigenvalue weighted by Gasteiger charge is -2.26. The number of hydrogen-bond acceptors (Lipinski definition) is 3. The topological polar surface area (TPSA) is 51.2 Å². The van der Waals surface area contributed by atoms with Crippen molar-refractivity contribution in [2.24, 2.45) is 11.8 Å². The second-order valence-electron chi connectivity index (χ2n) is 4.87. The van der Waals surface area contributed by atoms with Crippen molar-refractivity contribution >= 4 is 16.1 Å². The fraction of sp³-hybridized carbons (Fsp3) is 0.615. The normalized spacial score (nSPS) is 26.6. The Balaban J connectivity index is 2.66. The maximum absolute atomic E-state index is 11.3. The van der Waals surface area contributed by atoms with Gasteiger partial charge in [-0.05, 0) is 44.6 Å². The van der Waals surface area contributed by atoms with Gasteiger partial charge in [0.1, 0.15) is 6.29 Å². The summed E-state index contributed by atoms with van der Waals surface area (Å²) in [7, 11) is -3.18. The van der Waals surface area contributed by atoms with Gasteiger partial charge in [0.2, 0.25) is 0 Å². The zero-order chi connectivity index (χ0) is 13.1. The standard InChI is InChI=1S/C13H20O3S/c1-10(8-11(2)17(3,15)16)13-6-4-12(9-14)5-7-13/h8-9,12-13H,2,4-7H2,1,3H3/b10-8+. The highest BCUT2D eigenvalue weighted by Gasteiger charge is 2.22. The Labute approximate surface area is 104 Å². The van der Waals surface area contributed by atoms with E-state index in [4.69, 9.17) is 0 Å². The smallest absolute Gasteiger partial charge is 0.174 e. The molecule has 0 unspecified atom stereocenters. The largest absolute Gasteiger partial charge is 0.303 e. The predicted octanol–water partition coefficient (Wildman–Crippen LogP) is 2.50. The Morgan fingerprint density at radius 3 is 2.18 bits per heavy atom. The molecule has 4 heteroatoms. The van der Waals surface area contributed by atoms with Crippen molar-refractivity contribution in [1.29, 1.82) is 0 Å². The van der Waals surface area contributed by atoms with Gasteiger partial charge in [-0.15, -0.1) is 0 Å². The van der Waals surface area contributed by atoms with Crippen LogP contribution in [-0.4, -0.2) is 21.0 Å². The van der Waals surface area contributed by atoms with Crippen molar-refractivity contribution in [3.05, 3.63) is 23.1 Å². The monoisotopic (exact) mass is 256 g/mol. The molecule has 0 aromatic heterocycles. The summed E-state index contributed by atoms with van der Waals surface area (Å²) in [6, 6.07) is 0. The molecule has 0 aliphatic heterocycles. The minimum atomic E-state index is -3.18. The average Bonchev–Trinajstić information content (AvgIpc) is 2.27. The number of hydrogen-bond donors (Lipinski definition) is 0. The Kier molecular flexibility index (Phi) is 4.69. The molecule has 17 heavy (non-hydrogen) atoms. The van der Waals surface area contributed by atoms with Crippen LogP contribution in [0.1, 0.15) is 32.6 Å². The second-order valence-corrected chi connectivity index (χ2v) is 6.94. The Morgan fingerprint density at radius 2 is 1.76 bits per heavy atom. The number of carbonyl (C=O) groups excluding carboxylic acids is 1. The van der Waals surface area contributed by atoms with E-state index in [1.54, 1.807) is 6.08 Å². The molecule has 1 fully saturated rings. The second kappa shape index (κ2) is 5.63. The minimum absolute atomic E-state index is 0.174. The molecule has 0 aromatic carbocycles. The van der Waals surface area contributed by atoms with Gasteiger partial charge in [-0.2, -0.15) is 0 Å². The van der Waals surface area contributed by atoms with Gasteiger partial charge >= 0.3 is 0 Å². The molecule has 0 radical (unpaired) electrons. The van der Waals surface area contributed by atoms with Crippen molar-refractivity contribution in [3.8, 4) is 0 Å². The molecule has 1 aliphatic rings. The molecular formula is C13H20O3S. The highest BCUT2D eigenvalue weighted by molar-refractivity contribution is 7.94. The van der Waals surface area contributed by atoms with Crippen LogP contribution in [0.25, 0.3) is 0 Å². The molecule has 0 spiro atoms. The molecule has 0 N–H and O–H groups in total. The fourth-order valence-electron chi connectivity index (χ4n) is 2.19. The van der Waals surface area contributed by atoms with Crippen LogP contribution in [0.3, 0.4) is 0 Å². The van der Waals surface area contributed by atoms with Crippen LogP contribution in [0.4, 0.5) is 0 Å². The first-order valence-electron chi connectivity index (χ1n) is 5.87. The van der Waals surface area contributed by atoms with Gasteiger partial charge in [0.05, 0.1) is 4.91 Å². The van der Waals surface area contributed by atoms with E-state index in [0.29, 0.717) is 5.92 Å². The van der Waals surface area contributed by atoms with E-state index in [0.717, 1.165) is 37.5 Å². The number of rotatable bonds is 4. The summed E-state index contributed by atoms with van der Waals surface area (Å²) < 4.78 is 22.5. The van der Waals surface area contributed by atoms with Gasteiger partial charge in [0.25, 0.3) is 0 Å². The molecule has 1 rings (SSSR count). The molecule has 0 bridgehead atoms. The lowest BCUT2D eigenvalue weighted by molar-refractivity contribution is -0.112. The van der Waals surface area contributed by atoms with Crippen LogP contribution in [0.5, 0.6) is 0 Å². The first-order valence-corrected chi connectivity index (χ1v) is 7.76. The molecular weight excluding hydrogens is 236 g/mol. The summed E-state index contributed by atoms with van der Waals surface area (Å²) in [5, 5.41) is 0. The first-order chi connectivity index (χ1) is 7.84. The summed E-state index contributed by atoms with van der Waals surface area (Å²) in [6.07, 6.45) is 7.61. The van der Waals surface area contributed by atoms with Crippen LogP contribution in [0.2, 0.25) is 0 Å². The van der Waals surface area contributed by atoms with Crippen molar-refractivity contribution in [2.75, 3.05) is 6.26 Å². The van der Waals surface area contributed by atoms with Crippen LogP contribution < -0.4 is 0 Å². The van der Waals surface area contributed by atoms with Crippen molar-refractivity contribution in [2.45, 2.75) is 32.6 Å². The lowest BCUT2D eigenvalue weighted by atomic mass is 9.79. The summed E-state index contributed by atoms with van der Waals surface area (Å²) in [5.41, 5.74) is 1.06. The van der Waals surface area contributed by atoms with Gasteiger partial charge in [-0.1, -0.05) is 12.2 Å². The first kappa shape index (κ1) is 14.2. The Bertz CT molecular complexity index is 424. The molecule has 96 valence electrons. The lowest BCUT2D eigenvalue weighted by Crippen LogP contribution is -2.16. The number of allylic oxidation sites excluding steroid dienone is 2. The minimum Gasteiger partial charge on any atom is -0.303 e. The van der Waals surface area contributed by atoms with E-state index in [-0.39, 0.29) is 10.8 Å². The quantitative estimate of drug-likeness (QED) is 0.573. The van der Waals surface area contributed by atoms with Gasteiger partial charge in [0.15, 0.2) is 9.84 Å². The molecule has 3 nitrogen and oxygen atoms in total. The van der Waals surface area contributed by atoms with Crippen LogP contribution in [0, 0.1) is 11.8 Å². The fourth-order valence-corrected chi connectivity index (χ4v) is 2.59. The highest BCUT2D eigenvalue weighted by atomic mass is 32.2.